The molecule has 0 radical (unpaired) electrons. The number of carbonyl (C=O) groups is 1. The van der Waals surface area contributed by atoms with E-state index < -0.39 is 0 Å². The Kier molecular flexibility index (Phi) is 4.80. The summed E-state index contributed by atoms with van der Waals surface area (Å²) in [7, 11) is 0. The molecule has 2 fully saturated rings. The molecular weight excluding hydrogens is 216 g/mol. The number of amides is 1. The molecule has 2 rings (SSSR count). The van der Waals surface area contributed by atoms with Gasteiger partial charge in [0.25, 0.3) is 0 Å². The average molecular weight is 240 g/mol. The van der Waals surface area contributed by atoms with E-state index in [-0.39, 0.29) is 24.6 Å². The van der Waals surface area contributed by atoms with Gasteiger partial charge in [0.2, 0.25) is 5.91 Å². The highest BCUT2D eigenvalue weighted by atomic mass is 16.3. The molecule has 2 aliphatic rings. The van der Waals surface area contributed by atoms with Gasteiger partial charge in [-0.15, -0.1) is 0 Å². The summed E-state index contributed by atoms with van der Waals surface area (Å²) < 4.78 is 0. The van der Waals surface area contributed by atoms with Crippen LogP contribution < -0.4 is 5.32 Å². The fraction of sp³-hybridized carbons (Fsp3) is 0.923. The Morgan fingerprint density at radius 2 is 2.06 bits per heavy atom. The minimum atomic E-state index is 0.0306. The van der Waals surface area contributed by atoms with Gasteiger partial charge in [-0.05, 0) is 45.1 Å². The monoisotopic (exact) mass is 240 g/mol. The van der Waals surface area contributed by atoms with E-state index in [0.717, 1.165) is 45.2 Å². The third kappa shape index (κ3) is 3.19. The lowest BCUT2D eigenvalue weighted by atomic mass is 9.96. The zero-order chi connectivity index (χ0) is 12.1. The molecule has 1 unspecified atom stereocenters. The maximum absolute atomic E-state index is 12.4. The van der Waals surface area contributed by atoms with Crippen LogP contribution in [-0.2, 0) is 4.79 Å². The third-order valence-electron chi connectivity index (χ3n) is 3.98. The highest BCUT2D eigenvalue weighted by Gasteiger charge is 2.31. The van der Waals surface area contributed by atoms with E-state index in [9.17, 15) is 4.79 Å². The highest BCUT2D eigenvalue weighted by Crippen LogP contribution is 2.22. The minimum Gasteiger partial charge on any atom is -0.396 e. The van der Waals surface area contributed by atoms with Gasteiger partial charge in [0, 0.05) is 19.2 Å². The summed E-state index contributed by atoms with van der Waals surface area (Å²) in [5, 5.41) is 12.4. The second kappa shape index (κ2) is 6.36. The molecule has 2 saturated heterocycles. The van der Waals surface area contributed by atoms with Crippen LogP contribution in [0.5, 0.6) is 0 Å². The van der Waals surface area contributed by atoms with Gasteiger partial charge < -0.3 is 15.3 Å². The first-order valence-electron chi connectivity index (χ1n) is 6.97. The molecule has 0 spiro atoms. The van der Waals surface area contributed by atoms with E-state index in [4.69, 9.17) is 5.11 Å². The molecule has 2 heterocycles. The summed E-state index contributed by atoms with van der Waals surface area (Å²) in [6, 6.07) is 0.299. The van der Waals surface area contributed by atoms with Crippen LogP contribution in [0.2, 0.25) is 0 Å². The number of rotatable bonds is 3. The minimum absolute atomic E-state index is 0.0306. The molecule has 4 heteroatoms. The number of nitrogens with one attached hydrogen (secondary N) is 1. The van der Waals surface area contributed by atoms with Crippen molar-refractivity contribution in [3.8, 4) is 0 Å². The second-order valence-electron chi connectivity index (χ2n) is 5.20. The third-order valence-corrected chi connectivity index (χ3v) is 3.98. The topological polar surface area (TPSA) is 52.6 Å². The van der Waals surface area contributed by atoms with Crippen molar-refractivity contribution in [1.29, 1.82) is 0 Å². The van der Waals surface area contributed by atoms with Gasteiger partial charge in [0.15, 0.2) is 0 Å². The Morgan fingerprint density at radius 3 is 2.76 bits per heavy atom. The fourth-order valence-electron chi connectivity index (χ4n) is 3.00. The Morgan fingerprint density at radius 1 is 1.24 bits per heavy atom. The molecule has 0 aromatic rings. The molecular formula is C13H24N2O2. The summed E-state index contributed by atoms with van der Waals surface area (Å²) in [5.74, 6) is 0.267. The molecule has 0 aromatic heterocycles. The Balaban J connectivity index is 1.94. The number of hydrogen-bond donors (Lipinski definition) is 2. The van der Waals surface area contributed by atoms with Crippen molar-refractivity contribution in [2.24, 2.45) is 0 Å². The van der Waals surface area contributed by atoms with E-state index in [1.54, 1.807) is 0 Å². The van der Waals surface area contributed by atoms with Crippen LogP contribution >= 0.6 is 0 Å². The number of piperidine rings is 2. The van der Waals surface area contributed by atoms with Crippen molar-refractivity contribution in [3.63, 3.8) is 0 Å². The van der Waals surface area contributed by atoms with Crippen LogP contribution in [0.15, 0.2) is 0 Å². The molecule has 0 saturated carbocycles. The largest absolute Gasteiger partial charge is 0.396 e. The van der Waals surface area contributed by atoms with E-state index >= 15 is 0 Å². The number of hydrogen-bond acceptors (Lipinski definition) is 3. The lowest BCUT2D eigenvalue weighted by Gasteiger charge is -2.38. The number of aliphatic hydroxyl groups excluding tert-OH is 1. The maximum atomic E-state index is 12.4. The highest BCUT2D eigenvalue weighted by molar-refractivity contribution is 5.82. The number of aliphatic hydroxyl groups is 1. The zero-order valence-corrected chi connectivity index (χ0v) is 10.5. The van der Waals surface area contributed by atoms with Gasteiger partial charge in [0.05, 0.1) is 6.04 Å². The zero-order valence-electron chi connectivity index (χ0n) is 10.5. The molecule has 98 valence electrons. The summed E-state index contributed by atoms with van der Waals surface area (Å²) in [5.41, 5.74) is 0. The predicted molar refractivity (Wildman–Crippen MR) is 66.7 cm³/mol. The van der Waals surface area contributed by atoms with Crippen LogP contribution in [0.3, 0.4) is 0 Å². The Bertz CT molecular complexity index is 250. The van der Waals surface area contributed by atoms with Crippen LogP contribution in [0.25, 0.3) is 0 Å². The van der Waals surface area contributed by atoms with Crippen LogP contribution in [0.1, 0.15) is 44.9 Å². The first-order chi connectivity index (χ1) is 8.33. The van der Waals surface area contributed by atoms with Crippen molar-refractivity contribution in [1.82, 2.24) is 10.2 Å². The van der Waals surface area contributed by atoms with E-state index in [1.165, 1.54) is 12.8 Å². The molecule has 2 atom stereocenters. The summed E-state index contributed by atoms with van der Waals surface area (Å²) in [4.78, 5) is 14.4. The lowest BCUT2D eigenvalue weighted by Crippen LogP contribution is -2.53. The quantitative estimate of drug-likeness (QED) is 0.770. The first-order valence-corrected chi connectivity index (χ1v) is 6.97. The summed E-state index contributed by atoms with van der Waals surface area (Å²) >= 11 is 0. The number of carbonyl (C=O) groups excluding carboxylic acids is 1. The molecule has 4 nitrogen and oxygen atoms in total. The van der Waals surface area contributed by atoms with Crippen LogP contribution in [0.4, 0.5) is 0 Å². The molecule has 0 bridgehead atoms. The van der Waals surface area contributed by atoms with E-state index in [1.807, 2.05) is 4.90 Å². The van der Waals surface area contributed by atoms with Gasteiger partial charge in [-0.25, -0.2) is 0 Å². The molecule has 1 amide bonds. The fourth-order valence-corrected chi connectivity index (χ4v) is 3.00. The first kappa shape index (κ1) is 12.8. The molecule has 2 N–H and O–H groups in total. The summed E-state index contributed by atoms with van der Waals surface area (Å²) in [6.45, 7) is 2.03. The van der Waals surface area contributed by atoms with E-state index in [2.05, 4.69) is 5.32 Å². The molecule has 0 aromatic carbocycles. The number of nitrogens with zero attached hydrogens (tertiary/aromatic N) is 1. The van der Waals surface area contributed by atoms with Crippen LogP contribution in [-0.4, -0.2) is 47.7 Å². The smallest absolute Gasteiger partial charge is 0.239 e. The Labute approximate surface area is 103 Å². The van der Waals surface area contributed by atoms with Crippen molar-refractivity contribution < 1.29 is 9.90 Å². The Hall–Kier alpha value is -0.610. The average Bonchev–Trinajstić information content (AvgIpc) is 2.40. The van der Waals surface area contributed by atoms with Crippen molar-refractivity contribution in [3.05, 3.63) is 0 Å². The van der Waals surface area contributed by atoms with Gasteiger partial charge >= 0.3 is 0 Å². The second-order valence-corrected chi connectivity index (χ2v) is 5.20. The van der Waals surface area contributed by atoms with Crippen molar-refractivity contribution >= 4 is 5.91 Å². The van der Waals surface area contributed by atoms with Gasteiger partial charge in [0.1, 0.15) is 0 Å². The van der Waals surface area contributed by atoms with Crippen LogP contribution in [0, 0.1) is 0 Å². The molecule has 17 heavy (non-hydrogen) atoms. The van der Waals surface area contributed by atoms with Gasteiger partial charge in [-0.1, -0.05) is 6.42 Å². The standard InChI is InChI=1S/C13H24N2O2/c16-10-7-11-5-2-4-9-15(11)13(17)12-6-1-3-8-14-12/h11-12,14,16H,1-10H2/t11?,12-/m0/s1. The summed E-state index contributed by atoms with van der Waals surface area (Å²) in [6.07, 6.45) is 7.40. The van der Waals surface area contributed by atoms with Crippen molar-refractivity contribution in [2.45, 2.75) is 57.0 Å². The van der Waals surface area contributed by atoms with Crippen molar-refractivity contribution in [2.75, 3.05) is 19.7 Å². The maximum Gasteiger partial charge on any atom is 0.239 e. The SMILES string of the molecule is O=C([C@@H]1CCCCN1)N1CCCCC1CCO. The number of likely N-dealkylation sites (tertiary alicyclic amines) is 1. The molecule has 2 aliphatic heterocycles. The van der Waals surface area contributed by atoms with Gasteiger partial charge in [-0.2, -0.15) is 0 Å². The normalized spacial score (nSPS) is 30.3. The van der Waals surface area contributed by atoms with Gasteiger partial charge in [-0.3, -0.25) is 4.79 Å². The lowest BCUT2D eigenvalue weighted by molar-refractivity contribution is -0.138. The molecule has 0 aliphatic carbocycles. The van der Waals surface area contributed by atoms with E-state index in [0.29, 0.717) is 0 Å². The predicted octanol–water partition coefficient (Wildman–Crippen LogP) is 0.892.